The van der Waals surface area contributed by atoms with Gasteiger partial charge < -0.3 is 8.84 Å². The fraction of sp³-hybridized carbons (Fsp3) is 0. The zero-order valence-corrected chi connectivity index (χ0v) is 13.7. The van der Waals surface area contributed by atoms with Gasteiger partial charge in [-0.15, -0.1) is 0 Å². The number of carbonyl (C=O) groups excluding carboxylic acids is 2. The summed E-state index contributed by atoms with van der Waals surface area (Å²) in [5.41, 5.74) is 0.854. The van der Waals surface area contributed by atoms with Crippen molar-refractivity contribution in [3.05, 3.63) is 90.5 Å². The highest BCUT2D eigenvalue weighted by molar-refractivity contribution is 7.74. The number of carbonyl (C=O) groups is 2. The standard InChI is InChI=1S/C14H10O2.C3H4N2O3S/c15-13(11-7-3-1-4-8-11)14(16)12-9-5-2-6-10-12;6-9(7)8-5-2-1-4-3-5/h1-10H;1-3H,(H,6,7)/p-1. The molecule has 0 saturated carbocycles. The van der Waals surface area contributed by atoms with Crippen molar-refractivity contribution in [3.8, 4) is 0 Å². The van der Waals surface area contributed by atoms with Crippen molar-refractivity contribution in [3.63, 3.8) is 0 Å². The van der Waals surface area contributed by atoms with E-state index in [1.54, 1.807) is 48.5 Å². The van der Waals surface area contributed by atoms with Gasteiger partial charge in [0.2, 0.25) is 11.6 Å². The molecule has 25 heavy (non-hydrogen) atoms. The zero-order chi connectivity index (χ0) is 18.1. The van der Waals surface area contributed by atoms with Crippen molar-refractivity contribution >= 4 is 22.9 Å². The number of hydrogen-bond acceptors (Lipinski definition) is 6. The van der Waals surface area contributed by atoms with E-state index >= 15 is 0 Å². The van der Waals surface area contributed by atoms with E-state index < -0.39 is 22.9 Å². The Hall–Kier alpha value is -3.10. The third kappa shape index (κ3) is 5.79. The van der Waals surface area contributed by atoms with Crippen LogP contribution in [0.25, 0.3) is 0 Å². The van der Waals surface area contributed by atoms with Crippen molar-refractivity contribution in [1.29, 1.82) is 0 Å². The summed E-state index contributed by atoms with van der Waals surface area (Å²) < 4.78 is 24.7. The van der Waals surface area contributed by atoms with Crippen molar-refractivity contribution in [1.82, 2.24) is 9.71 Å². The van der Waals surface area contributed by atoms with Gasteiger partial charge in [-0.2, -0.15) is 4.73 Å². The van der Waals surface area contributed by atoms with Crippen LogP contribution in [0.15, 0.2) is 79.4 Å². The lowest BCUT2D eigenvalue weighted by Crippen LogP contribution is -2.14. The Morgan fingerprint density at radius 1 is 0.920 bits per heavy atom. The van der Waals surface area contributed by atoms with Crippen LogP contribution in [0, 0.1) is 0 Å². The Labute approximate surface area is 146 Å². The molecule has 0 aliphatic carbocycles. The molecule has 128 valence electrons. The Morgan fingerprint density at radius 3 is 1.76 bits per heavy atom. The van der Waals surface area contributed by atoms with Crippen LogP contribution in [-0.2, 0) is 11.4 Å². The molecule has 0 fully saturated rings. The number of imidazole rings is 1. The number of hydrogen-bond donors (Lipinski definition) is 0. The Kier molecular flexibility index (Phi) is 6.76. The van der Waals surface area contributed by atoms with Crippen LogP contribution in [0.3, 0.4) is 0 Å². The van der Waals surface area contributed by atoms with E-state index in [4.69, 9.17) is 0 Å². The van der Waals surface area contributed by atoms with Crippen LogP contribution in [0.2, 0.25) is 0 Å². The molecular formula is C17H13N2O5S-. The average molecular weight is 357 g/mol. The second-order valence-electron chi connectivity index (χ2n) is 4.59. The fourth-order valence-corrected chi connectivity index (χ4v) is 2.03. The molecular weight excluding hydrogens is 344 g/mol. The Morgan fingerprint density at radius 2 is 1.40 bits per heavy atom. The molecule has 1 aromatic heterocycles. The lowest BCUT2D eigenvalue weighted by atomic mass is 10.0. The summed E-state index contributed by atoms with van der Waals surface area (Å²) in [6.07, 6.45) is 4.01. The average Bonchev–Trinajstić information content (AvgIpc) is 3.15. The largest absolute Gasteiger partial charge is 0.738 e. The molecule has 1 heterocycles. The molecule has 0 radical (unpaired) electrons. The molecule has 0 spiro atoms. The van der Waals surface area contributed by atoms with Gasteiger partial charge in [-0.1, -0.05) is 60.7 Å². The van der Waals surface area contributed by atoms with Gasteiger partial charge in [0.1, 0.15) is 6.33 Å². The summed E-state index contributed by atoms with van der Waals surface area (Å²) in [6, 6.07) is 17.2. The molecule has 0 saturated heterocycles. The predicted octanol–water partition coefficient (Wildman–Crippen LogP) is 1.86. The van der Waals surface area contributed by atoms with Gasteiger partial charge in [0, 0.05) is 17.3 Å². The van der Waals surface area contributed by atoms with Gasteiger partial charge >= 0.3 is 0 Å². The predicted molar refractivity (Wildman–Crippen MR) is 89.3 cm³/mol. The van der Waals surface area contributed by atoms with E-state index in [1.807, 2.05) is 12.1 Å². The lowest BCUT2D eigenvalue weighted by Gasteiger charge is -2.04. The summed E-state index contributed by atoms with van der Waals surface area (Å²) in [6.45, 7) is 0. The van der Waals surface area contributed by atoms with Crippen LogP contribution in [0.5, 0.6) is 0 Å². The first-order chi connectivity index (χ1) is 12.1. The van der Waals surface area contributed by atoms with E-state index in [1.165, 1.54) is 18.7 Å². The first kappa shape index (κ1) is 18.2. The Balaban J connectivity index is 0.000000212. The molecule has 0 amide bonds. The van der Waals surface area contributed by atoms with E-state index in [-0.39, 0.29) is 0 Å². The minimum Gasteiger partial charge on any atom is -0.738 e. The normalized spacial score (nSPS) is 10.9. The number of rotatable bonds is 5. The van der Waals surface area contributed by atoms with E-state index in [9.17, 15) is 18.4 Å². The molecule has 0 bridgehead atoms. The number of aromatic nitrogens is 2. The van der Waals surface area contributed by atoms with Gasteiger partial charge in [-0.25, -0.2) is 9.19 Å². The summed E-state index contributed by atoms with van der Waals surface area (Å²) in [4.78, 5) is 27.1. The molecule has 3 rings (SSSR count). The molecule has 0 N–H and O–H groups in total. The molecule has 3 aromatic rings. The van der Waals surface area contributed by atoms with Crippen molar-refractivity contribution in [2.45, 2.75) is 0 Å². The minimum absolute atomic E-state index is 0.427. The summed E-state index contributed by atoms with van der Waals surface area (Å²) in [5.74, 6) is -0.932. The van der Waals surface area contributed by atoms with E-state index in [0.717, 1.165) is 4.73 Å². The van der Waals surface area contributed by atoms with Crippen LogP contribution >= 0.6 is 0 Å². The molecule has 8 heteroatoms. The van der Waals surface area contributed by atoms with Crippen molar-refractivity contribution in [2.24, 2.45) is 0 Å². The van der Waals surface area contributed by atoms with Crippen LogP contribution < -0.4 is 4.28 Å². The maximum Gasteiger partial charge on any atom is 0.233 e. The molecule has 0 aliphatic rings. The number of Topliss-reactive ketones (excluding diaryl/α,β-unsaturated/α-hetero) is 2. The second kappa shape index (κ2) is 9.26. The van der Waals surface area contributed by atoms with Gasteiger partial charge in [0.25, 0.3) is 0 Å². The monoisotopic (exact) mass is 357 g/mol. The van der Waals surface area contributed by atoms with Gasteiger partial charge in [-0.3, -0.25) is 9.59 Å². The molecule has 1 atom stereocenters. The summed E-state index contributed by atoms with van der Waals surface area (Å²) in [5, 5.41) is 0. The molecule has 0 aliphatic heterocycles. The van der Waals surface area contributed by atoms with Crippen LogP contribution in [0.4, 0.5) is 0 Å². The van der Waals surface area contributed by atoms with Crippen molar-refractivity contribution < 1.29 is 22.6 Å². The molecule has 7 nitrogen and oxygen atoms in total. The van der Waals surface area contributed by atoms with E-state index in [2.05, 4.69) is 9.27 Å². The van der Waals surface area contributed by atoms with Crippen molar-refractivity contribution in [2.75, 3.05) is 0 Å². The lowest BCUT2D eigenvalue weighted by molar-refractivity contribution is 0.0817. The second-order valence-corrected chi connectivity index (χ2v) is 5.15. The molecule has 1 unspecified atom stereocenters. The number of benzene rings is 2. The van der Waals surface area contributed by atoms with Gasteiger partial charge in [-0.05, 0) is 0 Å². The number of nitrogens with zero attached hydrogens (tertiary/aromatic N) is 2. The smallest absolute Gasteiger partial charge is 0.233 e. The number of ketones is 2. The maximum atomic E-state index is 11.8. The third-order valence-corrected chi connectivity index (χ3v) is 3.20. The topological polar surface area (TPSA) is 101 Å². The highest BCUT2D eigenvalue weighted by Gasteiger charge is 2.16. The first-order valence-electron chi connectivity index (χ1n) is 7.03. The van der Waals surface area contributed by atoms with Gasteiger partial charge in [0.05, 0.1) is 6.20 Å². The van der Waals surface area contributed by atoms with Crippen LogP contribution in [-0.4, -0.2) is 30.0 Å². The summed E-state index contributed by atoms with van der Waals surface area (Å²) >= 11 is -2.52. The first-order valence-corrected chi connectivity index (χ1v) is 8.03. The SMILES string of the molecule is O=C(C(=O)c1ccccc1)c1ccccc1.O=S([O-])On1ccnc1. The zero-order valence-electron chi connectivity index (χ0n) is 12.8. The van der Waals surface area contributed by atoms with E-state index in [0.29, 0.717) is 11.1 Å². The quantitative estimate of drug-likeness (QED) is 0.392. The molecule has 2 aromatic carbocycles. The highest BCUT2D eigenvalue weighted by Crippen LogP contribution is 2.07. The minimum atomic E-state index is -2.52. The maximum absolute atomic E-state index is 11.8. The summed E-state index contributed by atoms with van der Waals surface area (Å²) in [7, 11) is 0. The van der Waals surface area contributed by atoms with Crippen LogP contribution in [0.1, 0.15) is 20.7 Å². The fourth-order valence-electron chi connectivity index (χ4n) is 1.80. The third-order valence-electron chi connectivity index (χ3n) is 2.91. The Bertz CT molecular complexity index is 786. The van der Waals surface area contributed by atoms with Gasteiger partial charge in [0.15, 0.2) is 11.4 Å². The highest BCUT2D eigenvalue weighted by atomic mass is 32.2.